The number of nitriles is 1. The molecule has 8 heteroatoms. The average Bonchev–Trinajstić information content (AvgIpc) is 3.36. The summed E-state index contributed by atoms with van der Waals surface area (Å²) in [6.07, 6.45) is 3.61. The van der Waals surface area contributed by atoms with E-state index in [9.17, 15) is 10.1 Å². The van der Waals surface area contributed by atoms with Crippen molar-refractivity contribution >= 4 is 5.91 Å². The molecule has 0 aliphatic rings. The third-order valence-corrected chi connectivity index (χ3v) is 5.49. The maximum atomic E-state index is 13.8. The fraction of sp³-hybridized carbons (Fsp3) is 0.185. The molecular weight excluding hydrogens is 442 g/mol. The van der Waals surface area contributed by atoms with Crippen LogP contribution in [0.1, 0.15) is 22.5 Å². The average molecular weight is 468 g/mol. The predicted octanol–water partition coefficient (Wildman–Crippen LogP) is 4.51. The first kappa shape index (κ1) is 23.5. The van der Waals surface area contributed by atoms with Crippen LogP contribution >= 0.6 is 0 Å². The number of carbonyl (C=O) groups is 1. The third-order valence-electron chi connectivity index (χ3n) is 5.49. The highest BCUT2D eigenvalue weighted by atomic mass is 16.5. The van der Waals surface area contributed by atoms with Gasteiger partial charge >= 0.3 is 0 Å². The second kappa shape index (κ2) is 11.0. The topological polar surface area (TPSA) is 93.3 Å². The fourth-order valence-corrected chi connectivity index (χ4v) is 3.75. The highest BCUT2D eigenvalue weighted by molar-refractivity contribution is 5.94. The van der Waals surface area contributed by atoms with Crippen molar-refractivity contribution in [2.45, 2.75) is 13.0 Å². The molecule has 2 heterocycles. The molecule has 8 nitrogen and oxygen atoms in total. The Bertz CT molecular complexity index is 1330. The van der Waals surface area contributed by atoms with Gasteiger partial charge in [0.15, 0.2) is 0 Å². The summed E-state index contributed by atoms with van der Waals surface area (Å²) in [5.41, 5.74) is 3.31. The minimum absolute atomic E-state index is 0.213. The molecular formula is C27H25N5O3. The number of benzene rings is 2. The number of hydrogen-bond donors (Lipinski definition) is 0. The molecule has 0 atom stereocenters. The van der Waals surface area contributed by atoms with Crippen LogP contribution in [-0.2, 0) is 6.54 Å². The van der Waals surface area contributed by atoms with Gasteiger partial charge in [-0.05, 0) is 42.0 Å². The van der Waals surface area contributed by atoms with Gasteiger partial charge in [0.05, 0.1) is 38.1 Å². The molecule has 2 aromatic carbocycles. The van der Waals surface area contributed by atoms with Gasteiger partial charge in [-0.2, -0.15) is 10.4 Å². The van der Waals surface area contributed by atoms with E-state index in [1.165, 1.54) is 0 Å². The molecule has 0 fully saturated rings. The zero-order valence-electron chi connectivity index (χ0n) is 19.6. The lowest BCUT2D eigenvalue weighted by Gasteiger charge is -2.22. The van der Waals surface area contributed by atoms with Crippen molar-refractivity contribution in [1.82, 2.24) is 19.7 Å². The first-order chi connectivity index (χ1) is 17.1. The molecule has 0 saturated carbocycles. The lowest BCUT2D eigenvalue weighted by molar-refractivity contribution is 0.0737. The van der Waals surface area contributed by atoms with Crippen molar-refractivity contribution in [3.8, 4) is 34.5 Å². The van der Waals surface area contributed by atoms with Gasteiger partial charge in [-0.1, -0.05) is 24.3 Å². The zero-order chi connectivity index (χ0) is 24.6. The quantitative estimate of drug-likeness (QED) is 0.360. The smallest absolute Gasteiger partial charge is 0.272 e. The highest BCUT2D eigenvalue weighted by Gasteiger charge is 2.24. The van der Waals surface area contributed by atoms with Gasteiger partial charge in [0.2, 0.25) is 0 Å². The van der Waals surface area contributed by atoms with E-state index in [0.717, 1.165) is 16.8 Å². The van der Waals surface area contributed by atoms with Gasteiger partial charge in [-0.25, -0.2) is 4.68 Å². The van der Waals surface area contributed by atoms with E-state index in [4.69, 9.17) is 14.6 Å². The highest BCUT2D eigenvalue weighted by Crippen LogP contribution is 2.33. The SMILES string of the molecule is COc1ccc(-c2cc(C(=O)N(CCC#N)Cc3cccnc3)n(-c3ccccc3)n2)c(OC)c1. The molecule has 1 amide bonds. The molecule has 4 rings (SSSR count). The van der Waals surface area contributed by atoms with Gasteiger partial charge in [0.1, 0.15) is 17.2 Å². The molecule has 0 bridgehead atoms. The summed E-state index contributed by atoms with van der Waals surface area (Å²) in [5.74, 6) is 1.00. The van der Waals surface area contributed by atoms with Crippen LogP contribution in [0.5, 0.6) is 11.5 Å². The minimum Gasteiger partial charge on any atom is -0.497 e. The largest absolute Gasteiger partial charge is 0.497 e. The molecule has 35 heavy (non-hydrogen) atoms. The van der Waals surface area contributed by atoms with Crippen LogP contribution in [0.4, 0.5) is 0 Å². The normalized spacial score (nSPS) is 10.4. The van der Waals surface area contributed by atoms with E-state index in [-0.39, 0.29) is 18.9 Å². The van der Waals surface area contributed by atoms with Crippen molar-refractivity contribution in [1.29, 1.82) is 5.26 Å². The Labute approximate surface area is 204 Å². The molecule has 0 unspecified atom stereocenters. The Morgan fingerprint density at radius 1 is 1.06 bits per heavy atom. The van der Waals surface area contributed by atoms with Crippen LogP contribution in [0, 0.1) is 11.3 Å². The Morgan fingerprint density at radius 2 is 1.89 bits per heavy atom. The van der Waals surface area contributed by atoms with Crippen LogP contribution in [-0.4, -0.2) is 46.3 Å². The predicted molar refractivity (Wildman–Crippen MR) is 131 cm³/mol. The van der Waals surface area contributed by atoms with Gasteiger partial charge < -0.3 is 14.4 Å². The Hall–Kier alpha value is -4.64. The van der Waals surface area contributed by atoms with E-state index < -0.39 is 0 Å². The molecule has 0 saturated heterocycles. The summed E-state index contributed by atoms with van der Waals surface area (Å²) in [5, 5.41) is 14.0. The fourth-order valence-electron chi connectivity index (χ4n) is 3.75. The molecule has 4 aromatic rings. The summed E-state index contributed by atoms with van der Waals surface area (Å²) in [4.78, 5) is 19.6. The molecule has 0 aliphatic heterocycles. The van der Waals surface area contributed by atoms with Crippen LogP contribution in [0.15, 0.2) is 79.1 Å². The maximum Gasteiger partial charge on any atom is 0.272 e. The first-order valence-corrected chi connectivity index (χ1v) is 11.1. The van der Waals surface area contributed by atoms with E-state index >= 15 is 0 Å². The minimum atomic E-state index is -0.237. The Balaban J connectivity index is 1.80. The maximum absolute atomic E-state index is 13.8. The number of hydrogen-bond acceptors (Lipinski definition) is 6. The summed E-state index contributed by atoms with van der Waals surface area (Å²) < 4.78 is 12.5. The van der Waals surface area contributed by atoms with E-state index in [1.54, 1.807) is 48.3 Å². The third kappa shape index (κ3) is 5.31. The second-order valence-electron chi connectivity index (χ2n) is 7.72. The van der Waals surface area contributed by atoms with Gasteiger partial charge in [-0.3, -0.25) is 9.78 Å². The molecule has 0 spiro atoms. The number of ether oxygens (including phenoxy) is 2. The van der Waals surface area contributed by atoms with Crippen molar-refractivity contribution in [3.63, 3.8) is 0 Å². The number of amides is 1. The number of pyridine rings is 1. The summed E-state index contributed by atoms with van der Waals surface area (Å²) in [6, 6.07) is 22.5. The number of carbonyl (C=O) groups excluding carboxylic acids is 1. The summed E-state index contributed by atoms with van der Waals surface area (Å²) in [7, 11) is 3.17. The number of nitrogens with zero attached hydrogens (tertiary/aromatic N) is 5. The monoisotopic (exact) mass is 467 g/mol. The van der Waals surface area contributed by atoms with Crippen molar-refractivity contribution in [3.05, 3.63) is 90.4 Å². The summed E-state index contributed by atoms with van der Waals surface area (Å²) in [6.45, 7) is 0.612. The van der Waals surface area contributed by atoms with Crippen molar-refractivity contribution in [2.75, 3.05) is 20.8 Å². The lowest BCUT2D eigenvalue weighted by atomic mass is 10.1. The van der Waals surface area contributed by atoms with Crippen molar-refractivity contribution < 1.29 is 14.3 Å². The molecule has 0 N–H and O–H groups in total. The van der Waals surface area contributed by atoms with Crippen LogP contribution in [0.2, 0.25) is 0 Å². The van der Waals surface area contributed by atoms with E-state index in [1.807, 2.05) is 54.6 Å². The van der Waals surface area contributed by atoms with Crippen LogP contribution in [0.25, 0.3) is 16.9 Å². The molecule has 0 aliphatic carbocycles. The first-order valence-electron chi connectivity index (χ1n) is 11.1. The van der Waals surface area contributed by atoms with Crippen LogP contribution in [0.3, 0.4) is 0 Å². The Morgan fingerprint density at radius 3 is 2.57 bits per heavy atom. The lowest BCUT2D eigenvalue weighted by Crippen LogP contribution is -2.33. The number of rotatable bonds is 9. The molecule has 2 aromatic heterocycles. The number of para-hydroxylation sites is 1. The standard InChI is InChI=1S/C27H25N5O3/c1-34-22-11-12-23(26(16-22)35-2)24-17-25(32(30-24)21-9-4-3-5-10-21)27(33)31(15-7-13-28)19-20-8-6-14-29-18-20/h3-6,8-12,14,16-18H,7,15,19H2,1-2H3. The second-order valence-corrected chi connectivity index (χ2v) is 7.72. The van der Waals surface area contributed by atoms with Gasteiger partial charge in [0.25, 0.3) is 5.91 Å². The summed E-state index contributed by atoms with van der Waals surface area (Å²) >= 11 is 0. The van der Waals surface area contributed by atoms with Gasteiger partial charge in [-0.15, -0.1) is 0 Å². The molecule has 176 valence electrons. The van der Waals surface area contributed by atoms with Gasteiger partial charge in [0, 0.05) is 37.1 Å². The van der Waals surface area contributed by atoms with E-state index in [2.05, 4.69) is 11.1 Å². The van der Waals surface area contributed by atoms with Crippen LogP contribution < -0.4 is 9.47 Å². The number of aromatic nitrogens is 3. The number of methoxy groups -OCH3 is 2. The van der Waals surface area contributed by atoms with E-state index in [0.29, 0.717) is 29.4 Å². The molecule has 0 radical (unpaired) electrons. The van der Waals surface area contributed by atoms with Crippen molar-refractivity contribution in [2.24, 2.45) is 0 Å². The zero-order valence-corrected chi connectivity index (χ0v) is 19.6. The Kier molecular flexibility index (Phi) is 7.38.